The van der Waals surface area contributed by atoms with Gasteiger partial charge in [-0.25, -0.2) is 0 Å². The normalized spacial score (nSPS) is 25.0. The van der Waals surface area contributed by atoms with Gasteiger partial charge in [0.15, 0.2) is 0 Å². The highest BCUT2D eigenvalue weighted by atomic mass is 16.4. The largest absolute Gasteiger partial charge is 0.480 e. The first-order chi connectivity index (χ1) is 8.83. The number of aliphatic carboxylic acids is 1. The van der Waals surface area contributed by atoms with Gasteiger partial charge in [0.25, 0.3) is 0 Å². The van der Waals surface area contributed by atoms with Crippen molar-refractivity contribution in [1.29, 1.82) is 0 Å². The van der Waals surface area contributed by atoms with E-state index in [2.05, 4.69) is 17.1 Å². The Kier molecular flexibility index (Phi) is 6.27. The molecule has 2 atom stereocenters. The molecule has 112 valence electrons. The summed E-state index contributed by atoms with van der Waals surface area (Å²) in [4.78, 5) is 13.9. The molecule has 0 radical (unpaired) electrons. The van der Waals surface area contributed by atoms with E-state index in [0.29, 0.717) is 6.42 Å². The Hall–Kier alpha value is -0.610. The van der Waals surface area contributed by atoms with Gasteiger partial charge in [-0.2, -0.15) is 0 Å². The molecule has 2 unspecified atom stereocenters. The predicted molar refractivity (Wildman–Crippen MR) is 78.4 cm³/mol. The van der Waals surface area contributed by atoms with Crippen molar-refractivity contribution < 1.29 is 9.90 Å². The SMILES string of the molecule is CC1CCCN(CCC(C)(NC(C)C)C(=O)O)CC1. The average molecular weight is 270 g/mol. The predicted octanol–water partition coefficient (Wildman–Crippen LogP) is 2.34. The summed E-state index contributed by atoms with van der Waals surface area (Å²) >= 11 is 0. The lowest BCUT2D eigenvalue weighted by Gasteiger charge is -2.31. The van der Waals surface area contributed by atoms with Crippen LogP contribution in [0.15, 0.2) is 0 Å². The molecule has 1 heterocycles. The van der Waals surface area contributed by atoms with E-state index in [9.17, 15) is 9.90 Å². The number of rotatable bonds is 6. The molecule has 1 aliphatic heterocycles. The van der Waals surface area contributed by atoms with Crippen LogP contribution in [0.1, 0.15) is 53.4 Å². The molecule has 1 aliphatic rings. The first-order valence-corrected chi connectivity index (χ1v) is 7.57. The molecule has 0 spiro atoms. The van der Waals surface area contributed by atoms with Crippen LogP contribution in [0, 0.1) is 5.92 Å². The van der Waals surface area contributed by atoms with E-state index in [1.807, 2.05) is 13.8 Å². The Morgan fingerprint density at radius 1 is 1.42 bits per heavy atom. The van der Waals surface area contributed by atoms with Crippen molar-refractivity contribution in [3.8, 4) is 0 Å². The van der Waals surface area contributed by atoms with Crippen molar-refractivity contribution in [2.24, 2.45) is 5.92 Å². The maximum atomic E-state index is 11.5. The van der Waals surface area contributed by atoms with Gasteiger partial charge >= 0.3 is 5.97 Å². The molecule has 1 saturated heterocycles. The number of likely N-dealkylation sites (tertiary alicyclic amines) is 1. The van der Waals surface area contributed by atoms with Gasteiger partial charge in [0.2, 0.25) is 0 Å². The molecule has 0 aliphatic carbocycles. The molecule has 4 heteroatoms. The molecular formula is C15H30N2O2. The Morgan fingerprint density at radius 2 is 2.11 bits per heavy atom. The van der Waals surface area contributed by atoms with Gasteiger partial charge in [0.05, 0.1) is 0 Å². The van der Waals surface area contributed by atoms with Crippen LogP contribution in [0.25, 0.3) is 0 Å². The first-order valence-electron chi connectivity index (χ1n) is 7.57. The fourth-order valence-electron chi connectivity index (χ4n) is 2.81. The average Bonchev–Trinajstić information content (AvgIpc) is 2.50. The van der Waals surface area contributed by atoms with Crippen LogP contribution in [0.2, 0.25) is 0 Å². The van der Waals surface area contributed by atoms with Gasteiger partial charge < -0.3 is 10.0 Å². The summed E-state index contributed by atoms with van der Waals surface area (Å²) in [5.41, 5.74) is -0.813. The number of nitrogens with one attached hydrogen (secondary N) is 1. The standard InChI is InChI=1S/C15H30N2O2/c1-12(2)16-15(4,14(18)19)8-11-17-9-5-6-13(3)7-10-17/h12-13,16H,5-11H2,1-4H3,(H,18,19). The number of carboxylic acids is 1. The van der Waals surface area contributed by atoms with E-state index < -0.39 is 11.5 Å². The molecule has 1 fully saturated rings. The van der Waals surface area contributed by atoms with E-state index in [-0.39, 0.29) is 6.04 Å². The number of hydrogen-bond donors (Lipinski definition) is 2. The third kappa shape index (κ3) is 5.49. The molecule has 19 heavy (non-hydrogen) atoms. The van der Waals surface area contributed by atoms with E-state index >= 15 is 0 Å². The summed E-state index contributed by atoms with van der Waals surface area (Å²) < 4.78 is 0. The minimum absolute atomic E-state index is 0.185. The Morgan fingerprint density at radius 3 is 2.68 bits per heavy atom. The lowest BCUT2D eigenvalue weighted by molar-refractivity contribution is -0.145. The highest BCUT2D eigenvalue weighted by molar-refractivity contribution is 5.78. The van der Waals surface area contributed by atoms with Crippen molar-refractivity contribution in [3.05, 3.63) is 0 Å². The fraction of sp³-hybridized carbons (Fsp3) is 0.933. The van der Waals surface area contributed by atoms with E-state index in [1.165, 1.54) is 19.3 Å². The number of carbonyl (C=O) groups is 1. The molecule has 0 bridgehead atoms. The highest BCUT2D eigenvalue weighted by Crippen LogP contribution is 2.18. The third-order valence-electron chi connectivity index (χ3n) is 4.12. The van der Waals surface area contributed by atoms with Crippen molar-refractivity contribution in [1.82, 2.24) is 10.2 Å². The van der Waals surface area contributed by atoms with Gasteiger partial charge in [-0.05, 0) is 65.5 Å². The quantitative estimate of drug-likeness (QED) is 0.778. The molecule has 2 N–H and O–H groups in total. The van der Waals surface area contributed by atoms with Gasteiger partial charge in [0, 0.05) is 12.6 Å². The van der Waals surface area contributed by atoms with Crippen molar-refractivity contribution in [2.45, 2.75) is 65.0 Å². The van der Waals surface area contributed by atoms with Crippen LogP contribution >= 0.6 is 0 Å². The fourth-order valence-corrected chi connectivity index (χ4v) is 2.81. The van der Waals surface area contributed by atoms with Crippen molar-refractivity contribution in [3.63, 3.8) is 0 Å². The van der Waals surface area contributed by atoms with E-state index in [4.69, 9.17) is 0 Å². The van der Waals surface area contributed by atoms with Gasteiger partial charge in [-0.3, -0.25) is 10.1 Å². The highest BCUT2D eigenvalue weighted by Gasteiger charge is 2.33. The third-order valence-corrected chi connectivity index (χ3v) is 4.12. The first kappa shape index (κ1) is 16.4. The number of nitrogens with zero attached hydrogens (tertiary/aromatic N) is 1. The zero-order chi connectivity index (χ0) is 14.5. The Balaban J connectivity index is 2.49. The smallest absolute Gasteiger partial charge is 0.323 e. The second kappa shape index (κ2) is 7.25. The monoisotopic (exact) mass is 270 g/mol. The minimum Gasteiger partial charge on any atom is -0.480 e. The van der Waals surface area contributed by atoms with Crippen LogP contribution < -0.4 is 5.32 Å². The minimum atomic E-state index is -0.813. The van der Waals surface area contributed by atoms with Crippen LogP contribution in [0.4, 0.5) is 0 Å². The zero-order valence-corrected chi connectivity index (χ0v) is 12.9. The molecule has 0 aromatic rings. The second-order valence-corrected chi connectivity index (χ2v) is 6.56. The summed E-state index contributed by atoms with van der Waals surface area (Å²) in [6, 6.07) is 0.185. The summed E-state index contributed by atoms with van der Waals surface area (Å²) in [7, 11) is 0. The molecule has 0 aromatic carbocycles. The van der Waals surface area contributed by atoms with Gasteiger partial charge in [0.1, 0.15) is 5.54 Å². The van der Waals surface area contributed by atoms with Crippen LogP contribution in [0.5, 0.6) is 0 Å². The van der Waals surface area contributed by atoms with E-state index in [1.54, 1.807) is 6.92 Å². The van der Waals surface area contributed by atoms with Crippen molar-refractivity contribution >= 4 is 5.97 Å². The second-order valence-electron chi connectivity index (χ2n) is 6.56. The molecule has 1 rings (SSSR count). The molecule has 4 nitrogen and oxygen atoms in total. The maximum absolute atomic E-state index is 11.5. The van der Waals surface area contributed by atoms with Crippen molar-refractivity contribution in [2.75, 3.05) is 19.6 Å². The van der Waals surface area contributed by atoms with E-state index in [0.717, 1.165) is 25.6 Å². The number of carboxylic acid groups (broad SMARTS) is 1. The van der Waals surface area contributed by atoms with Gasteiger partial charge in [-0.15, -0.1) is 0 Å². The summed E-state index contributed by atoms with van der Waals surface area (Å²) in [5, 5.41) is 12.6. The molecule has 0 aromatic heterocycles. The molecule has 0 amide bonds. The van der Waals surface area contributed by atoms with Crippen LogP contribution in [0.3, 0.4) is 0 Å². The topological polar surface area (TPSA) is 52.6 Å². The maximum Gasteiger partial charge on any atom is 0.323 e. The molecule has 0 saturated carbocycles. The molecular weight excluding hydrogens is 240 g/mol. The van der Waals surface area contributed by atoms with Crippen LogP contribution in [-0.4, -0.2) is 47.2 Å². The summed E-state index contributed by atoms with van der Waals surface area (Å²) in [5.74, 6) is 0.0639. The zero-order valence-electron chi connectivity index (χ0n) is 12.9. The Labute approximate surface area is 117 Å². The summed E-state index contributed by atoms with van der Waals surface area (Å²) in [6.45, 7) is 11.2. The van der Waals surface area contributed by atoms with Crippen LogP contribution in [-0.2, 0) is 4.79 Å². The lowest BCUT2D eigenvalue weighted by atomic mass is 9.96. The lowest BCUT2D eigenvalue weighted by Crippen LogP contribution is -2.54. The summed E-state index contributed by atoms with van der Waals surface area (Å²) in [6.07, 6.45) is 4.44. The van der Waals surface area contributed by atoms with Gasteiger partial charge in [-0.1, -0.05) is 6.92 Å². The number of hydrogen-bond acceptors (Lipinski definition) is 3. The Bertz CT molecular complexity index is 294.